The van der Waals surface area contributed by atoms with Gasteiger partial charge >= 0.3 is 0 Å². The zero-order valence-corrected chi connectivity index (χ0v) is 9.91. The topological polar surface area (TPSA) is 17.1 Å². The zero-order valence-electron chi connectivity index (χ0n) is 9.09. The lowest BCUT2D eigenvalue weighted by Gasteiger charge is -2.03. The van der Waals surface area contributed by atoms with Crippen molar-refractivity contribution in [3.63, 3.8) is 0 Å². The molecule has 0 aliphatic rings. The van der Waals surface area contributed by atoms with Crippen LogP contribution >= 0.6 is 11.3 Å². The number of thiophene rings is 1. The summed E-state index contributed by atoms with van der Waals surface area (Å²) in [5.41, 5.74) is 2.31. The molecule has 1 heterocycles. The van der Waals surface area contributed by atoms with E-state index in [1.54, 1.807) is 0 Å². The second kappa shape index (κ2) is 4.15. The van der Waals surface area contributed by atoms with Crippen LogP contribution in [0.2, 0.25) is 0 Å². The van der Waals surface area contributed by atoms with E-state index in [0.717, 1.165) is 16.7 Å². The molecule has 2 aromatic carbocycles. The molecule has 0 aliphatic heterocycles. The molecule has 82 valence electrons. The smallest absolute Gasteiger partial charge is 0.160 e. The largest absolute Gasteiger partial charge is 0.297 e. The van der Waals surface area contributed by atoms with E-state index < -0.39 is 0 Å². The van der Waals surface area contributed by atoms with Gasteiger partial charge in [-0.3, -0.25) is 4.79 Å². The fourth-order valence-corrected chi connectivity index (χ4v) is 2.74. The van der Waals surface area contributed by atoms with E-state index in [9.17, 15) is 4.79 Å². The number of aldehydes is 1. The van der Waals surface area contributed by atoms with Crippen molar-refractivity contribution in [1.82, 2.24) is 0 Å². The van der Waals surface area contributed by atoms with Gasteiger partial charge in [-0.1, -0.05) is 42.5 Å². The number of carbonyl (C=O) groups is 1. The van der Waals surface area contributed by atoms with Crippen molar-refractivity contribution in [2.45, 2.75) is 0 Å². The number of carbonyl (C=O) groups excluding carboxylic acids is 1. The Bertz CT molecular complexity index is 677. The molecular formula is C15H10OS. The zero-order chi connectivity index (χ0) is 11.7. The number of fused-ring (bicyclic) bond motifs is 1. The molecule has 17 heavy (non-hydrogen) atoms. The van der Waals surface area contributed by atoms with E-state index in [1.165, 1.54) is 27.7 Å². The average Bonchev–Trinajstić information content (AvgIpc) is 2.87. The van der Waals surface area contributed by atoms with Crippen molar-refractivity contribution in [1.29, 1.82) is 0 Å². The number of benzene rings is 2. The Morgan fingerprint density at radius 1 is 1.00 bits per heavy atom. The SMILES string of the molecule is O=Cc1cc(-c2cccc3ccccc23)cs1. The molecule has 0 saturated carbocycles. The third-order valence-corrected chi connectivity index (χ3v) is 3.69. The van der Waals surface area contributed by atoms with Crippen molar-refractivity contribution in [3.8, 4) is 11.1 Å². The summed E-state index contributed by atoms with van der Waals surface area (Å²) in [5.74, 6) is 0. The minimum atomic E-state index is 0.771. The summed E-state index contributed by atoms with van der Waals surface area (Å²) in [6.07, 6.45) is 0.902. The standard InChI is InChI=1S/C15H10OS/c16-9-13-8-12(10-17-13)15-7-3-5-11-4-1-2-6-14(11)15/h1-10H. The van der Waals surface area contributed by atoms with Crippen LogP contribution in [0.15, 0.2) is 53.9 Å². The second-order valence-electron chi connectivity index (χ2n) is 3.88. The third kappa shape index (κ3) is 1.77. The van der Waals surface area contributed by atoms with Crippen molar-refractivity contribution in [2.75, 3.05) is 0 Å². The lowest BCUT2D eigenvalue weighted by molar-refractivity contribution is 0.112. The number of hydrogen-bond donors (Lipinski definition) is 0. The van der Waals surface area contributed by atoms with Gasteiger partial charge in [-0.15, -0.1) is 11.3 Å². The molecule has 0 unspecified atom stereocenters. The van der Waals surface area contributed by atoms with Crippen molar-refractivity contribution in [2.24, 2.45) is 0 Å². The fraction of sp³-hybridized carbons (Fsp3) is 0. The lowest BCUT2D eigenvalue weighted by atomic mass is 10.0. The molecule has 0 saturated heterocycles. The van der Waals surface area contributed by atoms with Crippen molar-refractivity contribution < 1.29 is 4.79 Å². The molecule has 3 rings (SSSR count). The Labute approximate surface area is 103 Å². The highest BCUT2D eigenvalue weighted by atomic mass is 32.1. The molecule has 0 amide bonds. The summed E-state index contributed by atoms with van der Waals surface area (Å²) in [7, 11) is 0. The van der Waals surface area contributed by atoms with Crippen molar-refractivity contribution in [3.05, 3.63) is 58.8 Å². The Balaban J connectivity index is 2.26. The fourth-order valence-electron chi connectivity index (χ4n) is 2.03. The first-order valence-electron chi connectivity index (χ1n) is 5.40. The van der Waals surface area contributed by atoms with Crippen LogP contribution in [0.5, 0.6) is 0 Å². The molecule has 2 heteroatoms. The van der Waals surface area contributed by atoms with Gasteiger partial charge in [0.25, 0.3) is 0 Å². The maximum absolute atomic E-state index is 10.7. The van der Waals surface area contributed by atoms with Crippen LogP contribution in [0.25, 0.3) is 21.9 Å². The van der Waals surface area contributed by atoms with E-state index in [0.29, 0.717) is 0 Å². The van der Waals surface area contributed by atoms with Crippen LogP contribution in [0.3, 0.4) is 0 Å². The predicted octanol–water partition coefficient (Wildman–Crippen LogP) is 4.38. The molecule has 1 nitrogen and oxygen atoms in total. The summed E-state index contributed by atoms with van der Waals surface area (Å²) in [6.45, 7) is 0. The van der Waals surface area contributed by atoms with Crippen LogP contribution in [0.4, 0.5) is 0 Å². The van der Waals surface area contributed by atoms with Crippen LogP contribution < -0.4 is 0 Å². The Kier molecular flexibility index (Phi) is 2.50. The first-order chi connectivity index (χ1) is 8.38. The molecule has 1 aromatic heterocycles. The molecule has 0 fully saturated rings. The molecule has 0 radical (unpaired) electrons. The summed E-state index contributed by atoms with van der Waals surface area (Å²) in [6, 6.07) is 16.5. The van der Waals surface area contributed by atoms with E-state index >= 15 is 0 Å². The summed E-state index contributed by atoms with van der Waals surface area (Å²) >= 11 is 1.48. The highest BCUT2D eigenvalue weighted by Gasteiger charge is 2.05. The maximum atomic E-state index is 10.7. The van der Waals surface area contributed by atoms with Gasteiger partial charge < -0.3 is 0 Å². The van der Waals surface area contributed by atoms with Crippen LogP contribution in [-0.2, 0) is 0 Å². The molecule has 0 N–H and O–H groups in total. The maximum Gasteiger partial charge on any atom is 0.160 e. The van der Waals surface area contributed by atoms with Gasteiger partial charge in [0, 0.05) is 0 Å². The first-order valence-corrected chi connectivity index (χ1v) is 6.28. The van der Waals surface area contributed by atoms with Gasteiger partial charge in [-0.2, -0.15) is 0 Å². The van der Waals surface area contributed by atoms with Gasteiger partial charge in [0.1, 0.15) is 0 Å². The van der Waals surface area contributed by atoms with Crippen LogP contribution in [-0.4, -0.2) is 6.29 Å². The van der Waals surface area contributed by atoms with Crippen LogP contribution in [0, 0.1) is 0 Å². The highest BCUT2D eigenvalue weighted by Crippen LogP contribution is 2.31. The minimum Gasteiger partial charge on any atom is -0.297 e. The second-order valence-corrected chi connectivity index (χ2v) is 4.83. The van der Waals surface area contributed by atoms with Crippen molar-refractivity contribution >= 4 is 28.4 Å². The normalized spacial score (nSPS) is 10.6. The molecule has 0 atom stereocenters. The average molecular weight is 238 g/mol. The lowest BCUT2D eigenvalue weighted by Crippen LogP contribution is -1.78. The molecule has 3 aromatic rings. The van der Waals surface area contributed by atoms with E-state index in [4.69, 9.17) is 0 Å². The summed E-state index contributed by atoms with van der Waals surface area (Å²) in [5, 5.41) is 4.49. The summed E-state index contributed by atoms with van der Waals surface area (Å²) < 4.78 is 0. The van der Waals surface area contributed by atoms with Gasteiger partial charge in [-0.25, -0.2) is 0 Å². The van der Waals surface area contributed by atoms with E-state index in [2.05, 4.69) is 30.3 Å². The molecular weight excluding hydrogens is 228 g/mol. The predicted molar refractivity (Wildman–Crippen MR) is 72.6 cm³/mol. The van der Waals surface area contributed by atoms with Gasteiger partial charge in [-0.05, 0) is 33.3 Å². The van der Waals surface area contributed by atoms with E-state index in [-0.39, 0.29) is 0 Å². The highest BCUT2D eigenvalue weighted by molar-refractivity contribution is 7.12. The minimum absolute atomic E-state index is 0.771. The first kappa shape index (κ1) is 10.2. The number of rotatable bonds is 2. The van der Waals surface area contributed by atoms with E-state index in [1.807, 2.05) is 23.6 Å². The molecule has 0 aliphatic carbocycles. The van der Waals surface area contributed by atoms with Crippen LogP contribution in [0.1, 0.15) is 9.67 Å². The Hall–Kier alpha value is -1.93. The number of hydrogen-bond acceptors (Lipinski definition) is 2. The molecule has 0 spiro atoms. The molecule has 0 bridgehead atoms. The Morgan fingerprint density at radius 2 is 1.82 bits per heavy atom. The third-order valence-electron chi connectivity index (χ3n) is 2.84. The quantitative estimate of drug-likeness (QED) is 0.605. The monoisotopic (exact) mass is 238 g/mol. The van der Waals surface area contributed by atoms with Gasteiger partial charge in [0.05, 0.1) is 4.88 Å². The van der Waals surface area contributed by atoms with Gasteiger partial charge in [0.15, 0.2) is 6.29 Å². The summed E-state index contributed by atoms with van der Waals surface area (Å²) in [4.78, 5) is 11.5. The Morgan fingerprint density at radius 3 is 2.65 bits per heavy atom. The van der Waals surface area contributed by atoms with Gasteiger partial charge in [0.2, 0.25) is 0 Å².